The zero-order chi connectivity index (χ0) is 21.6. The van der Waals surface area contributed by atoms with Crippen LogP contribution in [-0.4, -0.2) is 36.4 Å². The molecule has 1 unspecified atom stereocenters. The average Bonchev–Trinajstić information content (AvgIpc) is 3.28. The lowest BCUT2D eigenvalue weighted by molar-refractivity contribution is 0.314. The van der Waals surface area contributed by atoms with E-state index in [1.165, 1.54) is 12.5 Å². The first-order valence-electron chi connectivity index (χ1n) is 9.74. The SMILES string of the molecule is C=C(NC(CCC)c1ccc(OCCNCCN=O)cc1)/C(C#N)=C/c1nnco1. The number of aromatic nitrogens is 2. The highest BCUT2D eigenvalue weighted by Gasteiger charge is 2.14. The van der Waals surface area contributed by atoms with Crippen LogP contribution in [0.5, 0.6) is 5.75 Å². The number of hydrogen-bond donors (Lipinski definition) is 2. The van der Waals surface area contributed by atoms with Crippen molar-refractivity contribution in [3.63, 3.8) is 0 Å². The molecule has 0 radical (unpaired) electrons. The number of rotatable bonds is 14. The van der Waals surface area contributed by atoms with Crippen LogP contribution in [-0.2, 0) is 0 Å². The van der Waals surface area contributed by atoms with Crippen LogP contribution < -0.4 is 15.4 Å². The molecule has 0 fully saturated rings. The van der Waals surface area contributed by atoms with Gasteiger partial charge in [0, 0.05) is 24.9 Å². The van der Waals surface area contributed by atoms with Crippen molar-refractivity contribution in [2.75, 3.05) is 26.2 Å². The lowest BCUT2D eigenvalue weighted by atomic mass is 10.0. The molecule has 0 spiro atoms. The number of allylic oxidation sites excluding steroid dienone is 1. The van der Waals surface area contributed by atoms with Gasteiger partial charge in [0.2, 0.25) is 12.3 Å². The molecule has 1 aromatic heterocycles. The van der Waals surface area contributed by atoms with Crippen LogP contribution in [0.1, 0.15) is 37.3 Å². The highest BCUT2D eigenvalue weighted by Crippen LogP contribution is 2.24. The van der Waals surface area contributed by atoms with Gasteiger partial charge in [0.25, 0.3) is 0 Å². The molecule has 0 saturated carbocycles. The summed E-state index contributed by atoms with van der Waals surface area (Å²) in [5.74, 6) is 1.01. The molecule has 0 saturated heterocycles. The van der Waals surface area contributed by atoms with Gasteiger partial charge in [-0.25, -0.2) is 0 Å². The van der Waals surface area contributed by atoms with E-state index in [0.717, 1.165) is 24.2 Å². The van der Waals surface area contributed by atoms with Gasteiger partial charge in [-0.3, -0.25) is 0 Å². The molecule has 0 bridgehead atoms. The summed E-state index contributed by atoms with van der Waals surface area (Å²) in [6.07, 6.45) is 4.54. The average molecular weight is 410 g/mol. The Bertz CT molecular complexity index is 856. The molecule has 1 aromatic carbocycles. The highest BCUT2D eigenvalue weighted by atomic mass is 16.5. The van der Waals surface area contributed by atoms with Gasteiger partial charge in [0.1, 0.15) is 18.4 Å². The molecule has 9 nitrogen and oxygen atoms in total. The Morgan fingerprint density at radius 1 is 1.40 bits per heavy atom. The monoisotopic (exact) mass is 410 g/mol. The summed E-state index contributed by atoms with van der Waals surface area (Å²) in [6, 6.07) is 9.92. The Morgan fingerprint density at radius 2 is 2.20 bits per heavy atom. The molecular weight excluding hydrogens is 384 g/mol. The van der Waals surface area contributed by atoms with Crippen molar-refractivity contribution >= 4 is 6.08 Å². The van der Waals surface area contributed by atoms with E-state index in [1.807, 2.05) is 24.3 Å². The molecular formula is C21H26N6O3. The second kappa shape index (κ2) is 12.9. The number of ether oxygens (including phenoxy) is 1. The third-order valence-electron chi connectivity index (χ3n) is 4.23. The van der Waals surface area contributed by atoms with Crippen LogP contribution in [0.2, 0.25) is 0 Å². The highest BCUT2D eigenvalue weighted by molar-refractivity contribution is 5.58. The molecule has 0 aliphatic rings. The van der Waals surface area contributed by atoms with E-state index in [0.29, 0.717) is 31.0 Å². The first-order valence-corrected chi connectivity index (χ1v) is 9.74. The van der Waals surface area contributed by atoms with Crippen LogP contribution in [0.25, 0.3) is 6.08 Å². The number of nitrogens with zero attached hydrogens (tertiary/aromatic N) is 4. The van der Waals surface area contributed by atoms with Gasteiger partial charge < -0.3 is 19.8 Å². The molecule has 1 atom stereocenters. The predicted octanol–water partition coefficient (Wildman–Crippen LogP) is 3.36. The molecule has 1 heterocycles. The lowest BCUT2D eigenvalue weighted by Crippen LogP contribution is -2.23. The van der Waals surface area contributed by atoms with E-state index in [1.54, 1.807) is 0 Å². The maximum Gasteiger partial charge on any atom is 0.241 e. The zero-order valence-electron chi connectivity index (χ0n) is 17.0. The maximum atomic E-state index is 10.0. The fourth-order valence-corrected chi connectivity index (χ4v) is 2.74. The van der Waals surface area contributed by atoms with Gasteiger partial charge in [-0.1, -0.05) is 37.2 Å². The van der Waals surface area contributed by atoms with Crippen LogP contribution in [0, 0.1) is 16.2 Å². The third kappa shape index (κ3) is 7.48. The van der Waals surface area contributed by atoms with Gasteiger partial charge in [-0.15, -0.1) is 10.2 Å². The lowest BCUT2D eigenvalue weighted by Gasteiger charge is -2.21. The van der Waals surface area contributed by atoms with Crippen LogP contribution in [0.15, 0.2) is 58.1 Å². The maximum absolute atomic E-state index is 10.0. The van der Waals surface area contributed by atoms with E-state index >= 15 is 0 Å². The summed E-state index contributed by atoms with van der Waals surface area (Å²) in [4.78, 5) is 10.0. The topological polar surface area (TPSA) is 125 Å². The van der Waals surface area contributed by atoms with Crippen LogP contribution in [0.3, 0.4) is 0 Å². The molecule has 0 aliphatic carbocycles. The van der Waals surface area contributed by atoms with Crippen LogP contribution >= 0.6 is 0 Å². The van der Waals surface area contributed by atoms with Crippen molar-refractivity contribution in [2.24, 2.45) is 5.18 Å². The molecule has 0 aliphatic heterocycles. The molecule has 158 valence electrons. The summed E-state index contributed by atoms with van der Waals surface area (Å²) in [5.41, 5.74) is 1.89. The normalized spacial score (nSPS) is 12.1. The Balaban J connectivity index is 1.95. The Hall–Kier alpha value is -3.51. The fourth-order valence-electron chi connectivity index (χ4n) is 2.74. The molecule has 0 amide bonds. The summed E-state index contributed by atoms with van der Waals surface area (Å²) >= 11 is 0. The van der Waals surface area contributed by atoms with Crippen molar-refractivity contribution in [1.82, 2.24) is 20.8 Å². The molecule has 2 N–H and O–H groups in total. The number of nitriles is 1. The van der Waals surface area contributed by atoms with Gasteiger partial charge in [0.15, 0.2) is 0 Å². The molecule has 30 heavy (non-hydrogen) atoms. The standard InChI is InChI=1S/C21H26N6O3/c1-3-4-20(26-16(2)18(14-22)13-21-27-24-15-30-21)17-5-7-19(8-6-17)29-12-11-23-9-10-25-28/h5-8,13,15,20,23,26H,2-4,9-12H2,1H3/b18-13+. The summed E-state index contributed by atoms with van der Waals surface area (Å²) in [6.45, 7) is 8.03. The van der Waals surface area contributed by atoms with E-state index in [-0.39, 0.29) is 18.5 Å². The largest absolute Gasteiger partial charge is 0.492 e. The molecule has 9 heteroatoms. The van der Waals surface area contributed by atoms with E-state index in [9.17, 15) is 10.2 Å². The Labute approximate surface area is 175 Å². The van der Waals surface area contributed by atoms with Crippen molar-refractivity contribution < 1.29 is 9.15 Å². The van der Waals surface area contributed by atoms with Crippen molar-refractivity contribution in [3.8, 4) is 11.8 Å². The van der Waals surface area contributed by atoms with E-state index in [2.05, 4.69) is 45.6 Å². The number of hydrogen-bond acceptors (Lipinski definition) is 9. The first kappa shape index (κ1) is 22.8. The number of nitroso groups, excluding NO2 is 1. The van der Waals surface area contributed by atoms with Crippen molar-refractivity contribution in [2.45, 2.75) is 25.8 Å². The quantitative estimate of drug-likeness (QED) is 0.210. The first-order chi connectivity index (χ1) is 14.7. The van der Waals surface area contributed by atoms with Gasteiger partial charge in [0.05, 0.1) is 18.2 Å². The Morgan fingerprint density at radius 3 is 2.83 bits per heavy atom. The molecule has 2 rings (SSSR count). The summed E-state index contributed by atoms with van der Waals surface area (Å²) in [5, 5.41) is 26.0. The third-order valence-corrected chi connectivity index (χ3v) is 4.23. The van der Waals surface area contributed by atoms with Crippen molar-refractivity contribution in [3.05, 3.63) is 64.9 Å². The van der Waals surface area contributed by atoms with Crippen molar-refractivity contribution in [1.29, 1.82) is 5.26 Å². The minimum absolute atomic E-state index is 0.00602. The minimum Gasteiger partial charge on any atom is -0.492 e. The van der Waals surface area contributed by atoms with Crippen LogP contribution in [0.4, 0.5) is 0 Å². The van der Waals surface area contributed by atoms with Gasteiger partial charge in [-0.2, -0.15) is 10.2 Å². The summed E-state index contributed by atoms with van der Waals surface area (Å²) < 4.78 is 10.8. The van der Waals surface area contributed by atoms with E-state index in [4.69, 9.17) is 9.15 Å². The van der Waals surface area contributed by atoms with Gasteiger partial charge in [-0.05, 0) is 24.1 Å². The molecule has 2 aromatic rings. The smallest absolute Gasteiger partial charge is 0.241 e. The van der Waals surface area contributed by atoms with E-state index < -0.39 is 0 Å². The minimum atomic E-state index is -0.00602. The second-order valence-electron chi connectivity index (χ2n) is 6.43. The number of nitrogens with one attached hydrogen (secondary N) is 2. The zero-order valence-corrected chi connectivity index (χ0v) is 17.0. The summed E-state index contributed by atoms with van der Waals surface area (Å²) in [7, 11) is 0. The second-order valence-corrected chi connectivity index (χ2v) is 6.43. The Kier molecular flexibility index (Phi) is 9.76. The van der Waals surface area contributed by atoms with Gasteiger partial charge >= 0.3 is 0 Å². The fraction of sp³-hybridized carbons (Fsp3) is 0.381. The number of benzene rings is 1. The predicted molar refractivity (Wildman–Crippen MR) is 113 cm³/mol.